The van der Waals surface area contributed by atoms with E-state index in [4.69, 9.17) is 0 Å². The van der Waals surface area contributed by atoms with E-state index in [1.165, 1.54) is 0 Å². The molecule has 0 bridgehead atoms. The van der Waals surface area contributed by atoms with Crippen molar-refractivity contribution in [3.8, 4) is 0 Å². The number of sulfone groups is 1. The number of piperidine rings is 1. The zero-order valence-corrected chi connectivity index (χ0v) is 13.0. The molecule has 114 valence electrons. The van der Waals surface area contributed by atoms with Gasteiger partial charge in [0, 0.05) is 12.1 Å². The van der Waals surface area contributed by atoms with E-state index in [1.807, 2.05) is 10.9 Å². The molecule has 2 aliphatic heterocycles. The lowest BCUT2D eigenvalue weighted by atomic mass is 9.95. The molecular weight excluding hydrogens is 300 g/mol. The van der Waals surface area contributed by atoms with Crippen LogP contribution in [0.5, 0.6) is 0 Å². The van der Waals surface area contributed by atoms with Crippen molar-refractivity contribution >= 4 is 22.2 Å². The molecule has 1 aromatic heterocycles. The summed E-state index contributed by atoms with van der Waals surface area (Å²) in [5, 5.41) is 11.8. The van der Waals surface area contributed by atoms with Crippen molar-refractivity contribution in [1.82, 2.24) is 20.3 Å². The van der Waals surface area contributed by atoms with Crippen LogP contribution in [0.4, 0.5) is 0 Å². The summed E-state index contributed by atoms with van der Waals surface area (Å²) in [5.41, 5.74) is 1.06. The van der Waals surface area contributed by atoms with Crippen LogP contribution in [0.2, 0.25) is 0 Å². The number of hydrogen-bond acceptors (Lipinski definition) is 5. The first-order valence-corrected chi connectivity index (χ1v) is 8.79. The van der Waals surface area contributed by atoms with Crippen LogP contribution in [-0.4, -0.2) is 48.0 Å². The Balaban J connectivity index is 0.00000147. The average molecular weight is 321 g/mol. The van der Waals surface area contributed by atoms with Crippen molar-refractivity contribution < 1.29 is 8.42 Å². The number of nitrogens with zero attached hydrogens (tertiary/aromatic N) is 3. The zero-order valence-electron chi connectivity index (χ0n) is 11.4. The summed E-state index contributed by atoms with van der Waals surface area (Å²) in [6.45, 7) is 2.08. The highest BCUT2D eigenvalue weighted by atomic mass is 35.5. The number of rotatable bonds is 2. The van der Waals surface area contributed by atoms with Gasteiger partial charge in [0.2, 0.25) is 0 Å². The van der Waals surface area contributed by atoms with Crippen molar-refractivity contribution in [3.05, 3.63) is 11.9 Å². The lowest BCUT2D eigenvalue weighted by Crippen LogP contribution is -2.27. The Morgan fingerprint density at radius 2 is 1.80 bits per heavy atom. The Bertz CT molecular complexity index is 525. The fraction of sp³-hybridized carbons (Fsp3) is 0.833. The van der Waals surface area contributed by atoms with Crippen LogP contribution in [0.25, 0.3) is 0 Å². The maximum absolute atomic E-state index is 11.4. The lowest BCUT2D eigenvalue weighted by molar-refractivity contribution is 0.404. The second-order valence-corrected chi connectivity index (χ2v) is 7.83. The van der Waals surface area contributed by atoms with Crippen molar-refractivity contribution in [3.63, 3.8) is 0 Å². The first-order chi connectivity index (χ1) is 9.14. The molecule has 1 aromatic rings. The van der Waals surface area contributed by atoms with Crippen molar-refractivity contribution in [2.75, 3.05) is 24.6 Å². The summed E-state index contributed by atoms with van der Waals surface area (Å²) in [4.78, 5) is 0. The Hall–Kier alpha value is -0.660. The Kier molecular flexibility index (Phi) is 5.04. The van der Waals surface area contributed by atoms with Gasteiger partial charge in [-0.05, 0) is 38.8 Å². The summed E-state index contributed by atoms with van der Waals surface area (Å²) in [6, 6.07) is 0.200. The molecule has 0 aliphatic carbocycles. The third-order valence-corrected chi connectivity index (χ3v) is 5.90. The number of aromatic nitrogens is 3. The first kappa shape index (κ1) is 15.7. The Labute approximate surface area is 125 Å². The van der Waals surface area contributed by atoms with E-state index >= 15 is 0 Å². The SMILES string of the molecule is Cl.O=S1(=O)CCC(n2cc(C3CCNCC3)nn2)CC1. The quantitative estimate of drug-likeness (QED) is 0.876. The second-order valence-electron chi connectivity index (χ2n) is 5.53. The molecule has 2 aliphatic rings. The number of nitrogens with one attached hydrogen (secondary N) is 1. The van der Waals surface area contributed by atoms with Gasteiger partial charge in [0.1, 0.15) is 9.84 Å². The first-order valence-electron chi connectivity index (χ1n) is 6.97. The van der Waals surface area contributed by atoms with Gasteiger partial charge in [0.05, 0.1) is 23.2 Å². The molecule has 8 heteroatoms. The van der Waals surface area contributed by atoms with Crippen LogP contribution in [0, 0.1) is 0 Å². The predicted molar refractivity (Wildman–Crippen MR) is 79.0 cm³/mol. The lowest BCUT2D eigenvalue weighted by Gasteiger charge is -2.22. The third kappa shape index (κ3) is 3.51. The minimum atomic E-state index is -2.81. The molecule has 2 saturated heterocycles. The minimum Gasteiger partial charge on any atom is -0.317 e. The van der Waals surface area contributed by atoms with Gasteiger partial charge < -0.3 is 5.32 Å². The van der Waals surface area contributed by atoms with Gasteiger partial charge in [-0.1, -0.05) is 5.21 Å². The largest absolute Gasteiger partial charge is 0.317 e. The standard InChI is InChI=1S/C12H20N4O2S.ClH/c17-19(18)7-3-11(4-8-19)16-9-12(14-15-16)10-1-5-13-6-2-10;/h9-11,13H,1-8H2;1H. The monoisotopic (exact) mass is 320 g/mol. The molecule has 0 amide bonds. The van der Waals surface area contributed by atoms with Crippen molar-refractivity contribution in [2.24, 2.45) is 0 Å². The highest BCUT2D eigenvalue weighted by Gasteiger charge is 2.26. The van der Waals surface area contributed by atoms with Crippen LogP contribution in [0.3, 0.4) is 0 Å². The third-order valence-electron chi connectivity index (χ3n) is 4.18. The molecule has 2 fully saturated rings. The molecule has 1 N–H and O–H groups in total. The van der Waals surface area contributed by atoms with E-state index in [0.29, 0.717) is 18.8 Å². The van der Waals surface area contributed by atoms with Crippen LogP contribution in [-0.2, 0) is 9.84 Å². The summed E-state index contributed by atoms with van der Waals surface area (Å²) in [5.74, 6) is 1.06. The fourth-order valence-corrected chi connectivity index (χ4v) is 4.38. The summed E-state index contributed by atoms with van der Waals surface area (Å²) in [6.07, 6.45) is 5.57. The van der Waals surface area contributed by atoms with E-state index in [-0.39, 0.29) is 30.0 Å². The zero-order chi connectivity index (χ0) is 13.3. The maximum atomic E-state index is 11.4. The molecule has 0 spiro atoms. The number of hydrogen-bond donors (Lipinski definition) is 1. The van der Waals surface area contributed by atoms with E-state index < -0.39 is 9.84 Å². The van der Waals surface area contributed by atoms with Gasteiger partial charge in [-0.15, -0.1) is 17.5 Å². The van der Waals surface area contributed by atoms with Crippen molar-refractivity contribution in [1.29, 1.82) is 0 Å². The molecule has 0 aromatic carbocycles. The second kappa shape index (κ2) is 6.41. The normalized spacial score (nSPS) is 24.2. The molecule has 0 atom stereocenters. The van der Waals surface area contributed by atoms with Crippen LogP contribution in [0.15, 0.2) is 6.20 Å². The topological polar surface area (TPSA) is 76.9 Å². The molecule has 3 rings (SSSR count). The van der Waals surface area contributed by atoms with Gasteiger partial charge in [-0.3, -0.25) is 0 Å². The van der Waals surface area contributed by atoms with Gasteiger partial charge >= 0.3 is 0 Å². The highest BCUT2D eigenvalue weighted by Crippen LogP contribution is 2.27. The summed E-state index contributed by atoms with van der Waals surface area (Å²) in [7, 11) is -2.81. The molecule has 0 unspecified atom stereocenters. The smallest absolute Gasteiger partial charge is 0.150 e. The molecule has 3 heterocycles. The summed E-state index contributed by atoms with van der Waals surface area (Å²) < 4.78 is 24.7. The molecule has 6 nitrogen and oxygen atoms in total. The maximum Gasteiger partial charge on any atom is 0.150 e. The summed E-state index contributed by atoms with van der Waals surface area (Å²) >= 11 is 0. The fourth-order valence-electron chi connectivity index (χ4n) is 2.92. The molecular formula is C12H21ClN4O2S. The average Bonchev–Trinajstić information content (AvgIpc) is 2.89. The van der Waals surface area contributed by atoms with E-state index in [0.717, 1.165) is 31.6 Å². The van der Waals surface area contributed by atoms with E-state index in [2.05, 4.69) is 15.6 Å². The van der Waals surface area contributed by atoms with E-state index in [1.54, 1.807) is 0 Å². The highest BCUT2D eigenvalue weighted by molar-refractivity contribution is 7.91. The Morgan fingerprint density at radius 3 is 2.45 bits per heavy atom. The van der Waals surface area contributed by atoms with Crippen LogP contribution < -0.4 is 5.32 Å². The molecule has 0 saturated carbocycles. The molecule has 0 radical (unpaired) electrons. The van der Waals surface area contributed by atoms with Gasteiger partial charge in [0.15, 0.2) is 0 Å². The van der Waals surface area contributed by atoms with Crippen molar-refractivity contribution in [2.45, 2.75) is 37.6 Å². The number of halogens is 1. The predicted octanol–water partition coefficient (Wildman–Crippen LogP) is 0.917. The minimum absolute atomic E-state index is 0. The van der Waals surface area contributed by atoms with Crippen LogP contribution >= 0.6 is 12.4 Å². The van der Waals surface area contributed by atoms with Gasteiger partial charge in [-0.25, -0.2) is 13.1 Å². The van der Waals surface area contributed by atoms with Gasteiger partial charge in [-0.2, -0.15) is 0 Å². The van der Waals surface area contributed by atoms with Gasteiger partial charge in [0.25, 0.3) is 0 Å². The van der Waals surface area contributed by atoms with Crippen LogP contribution in [0.1, 0.15) is 43.3 Å². The Morgan fingerprint density at radius 1 is 1.15 bits per heavy atom. The molecule has 20 heavy (non-hydrogen) atoms. The van der Waals surface area contributed by atoms with E-state index in [9.17, 15) is 8.42 Å².